The van der Waals surface area contributed by atoms with Gasteiger partial charge in [-0.05, 0) is 30.9 Å². The average molecular weight is 187 g/mol. The fraction of sp³-hybridized carbons (Fsp3) is 0.556. The summed E-state index contributed by atoms with van der Waals surface area (Å²) < 4.78 is 0. The van der Waals surface area contributed by atoms with Gasteiger partial charge in [-0.25, -0.2) is 0 Å². The Bertz CT molecular complexity index is 216. The van der Waals surface area contributed by atoms with Gasteiger partial charge in [0.1, 0.15) is 0 Å². The molecule has 3 heteroatoms. The van der Waals surface area contributed by atoms with Crippen LogP contribution in [0.3, 0.4) is 0 Å². The maximum absolute atomic E-state index is 6.01. The van der Waals surface area contributed by atoms with Gasteiger partial charge in [0.2, 0.25) is 0 Å². The van der Waals surface area contributed by atoms with Gasteiger partial charge in [0.25, 0.3) is 0 Å². The van der Waals surface area contributed by atoms with Crippen molar-refractivity contribution >= 4 is 12.4 Å². The normalized spacial score (nSPS) is 19.4. The SMILES string of the molecule is Cl.N[C@H](c1ccc[nH]1)C1CCC1. The van der Waals surface area contributed by atoms with Crippen LogP contribution in [-0.4, -0.2) is 4.98 Å². The van der Waals surface area contributed by atoms with E-state index in [1.54, 1.807) is 0 Å². The van der Waals surface area contributed by atoms with Gasteiger partial charge in [-0.15, -0.1) is 12.4 Å². The zero-order valence-electron chi connectivity index (χ0n) is 6.99. The Morgan fingerprint density at radius 1 is 1.50 bits per heavy atom. The molecule has 0 unspecified atom stereocenters. The molecule has 1 saturated carbocycles. The van der Waals surface area contributed by atoms with E-state index in [4.69, 9.17) is 5.73 Å². The summed E-state index contributed by atoms with van der Waals surface area (Å²) in [6.07, 6.45) is 5.91. The molecule has 0 spiro atoms. The number of nitrogens with one attached hydrogen (secondary N) is 1. The maximum Gasteiger partial charge on any atom is 0.0476 e. The number of aromatic amines is 1. The quantitative estimate of drug-likeness (QED) is 0.731. The van der Waals surface area contributed by atoms with E-state index < -0.39 is 0 Å². The molecular weight excluding hydrogens is 172 g/mol. The second kappa shape index (κ2) is 3.97. The molecule has 0 aliphatic heterocycles. The molecule has 1 aromatic rings. The van der Waals surface area contributed by atoms with Crippen molar-refractivity contribution in [3.8, 4) is 0 Å². The lowest BCUT2D eigenvalue weighted by molar-refractivity contribution is 0.261. The minimum atomic E-state index is 0. The van der Waals surface area contributed by atoms with Crippen LogP contribution in [-0.2, 0) is 0 Å². The number of halogens is 1. The average Bonchev–Trinajstić information content (AvgIpc) is 2.32. The zero-order valence-corrected chi connectivity index (χ0v) is 7.81. The van der Waals surface area contributed by atoms with Gasteiger partial charge < -0.3 is 10.7 Å². The van der Waals surface area contributed by atoms with Crippen LogP contribution in [0.1, 0.15) is 31.0 Å². The second-order valence-electron chi connectivity index (χ2n) is 3.34. The first kappa shape index (κ1) is 9.62. The first-order chi connectivity index (χ1) is 5.38. The van der Waals surface area contributed by atoms with Gasteiger partial charge in [0.15, 0.2) is 0 Å². The van der Waals surface area contributed by atoms with E-state index in [2.05, 4.69) is 11.1 Å². The van der Waals surface area contributed by atoms with Crippen molar-refractivity contribution in [2.45, 2.75) is 25.3 Å². The van der Waals surface area contributed by atoms with Crippen molar-refractivity contribution in [3.05, 3.63) is 24.0 Å². The predicted octanol–water partition coefficient (Wildman–Crippen LogP) is 2.24. The van der Waals surface area contributed by atoms with Crippen molar-refractivity contribution in [2.75, 3.05) is 0 Å². The Morgan fingerprint density at radius 3 is 2.67 bits per heavy atom. The fourth-order valence-corrected chi connectivity index (χ4v) is 1.60. The predicted molar refractivity (Wildman–Crippen MR) is 52.3 cm³/mol. The Kier molecular flexibility index (Phi) is 3.18. The highest BCUT2D eigenvalue weighted by atomic mass is 35.5. The van der Waals surface area contributed by atoms with E-state index in [-0.39, 0.29) is 18.4 Å². The lowest BCUT2D eigenvalue weighted by Gasteiger charge is -2.30. The fourth-order valence-electron chi connectivity index (χ4n) is 1.60. The summed E-state index contributed by atoms with van der Waals surface area (Å²) >= 11 is 0. The molecule has 1 fully saturated rings. The first-order valence-electron chi connectivity index (χ1n) is 4.27. The highest BCUT2D eigenvalue weighted by molar-refractivity contribution is 5.85. The van der Waals surface area contributed by atoms with Crippen LogP contribution in [0.25, 0.3) is 0 Å². The van der Waals surface area contributed by atoms with Gasteiger partial charge in [0.05, 0.1) is 0 Å². The molecule has 0 aromatic carbocycles. The highest BCUT2D eigenvalue weighted by Crippen LogP contribution is 2.35. The summed E-state index contributed by atoms with van der Waals surface area (Å²) in [6.45, 7) is 0. The number of nitrogens with two attached hydrogens (primary N) is 1. The Hall–Kier alpha value is -0.470. The third-order valence-electron chi connectivity index (χ3n) is 2.64. The standard InChI is InChI=1S/C9H14N2.ClH/c10-9(7-3-1-4-7)8-5-2-6-11-8;/h2,5-7,9,11H,1,3-4,10H2;1H/t9-;/m0./s1. The molecule has 12 heavy (non-hydrogen) atoms. The van der Waals surface area contributed by atoms with E-state index in [9.17, 15) is 0 Å². The molecule has 0 saturated heterocycles. The summed E-state index contributed by atoms with van der Waals surface area (Å²) in [7, 11) is 0. The molecule has 1 atom stereocenters. The van der Waals surface area contributed by atoms with Crippen molar-refractivity contribution < 1.29 is 0 Å². The summed E-state index contributed by atoms with van der Waals surface area (Å²) in [6, 6.07) is 4.33. The van der Waals surface area contributed by atoms with Crippen LogP contribution in [0.2, 0.25) is 0 Å². The topological polar surface area (TPSA) is 41.8 Å². The van der Waals surface area contributed by atoms with Crippen molar-refractivity contribution in [2.24, 2.45) is 11.7 Å². The Morgan fingerprint density at radius 2 is 2.25 bits per heavy atom. The molecule has 2 rings (SSSR count). The number of hydrogen-bond acceptors (Lipinski definition) is 1. The molecule has 68 valence electrons. The van der Waals surface area contributed by atoms with Crippen LogP contribution in [0.5, 0.6) is 0 Å². The van der Waals surface area contributed by atoms with Crippen LogP contribution >= 0.6 is 12.4 Å². The van der Waals surface area contributed by atoms with Crippen LogP contribution < -0.4 is 5.73 Å². The van der Waals surface area contributed by atoms with E-state index >= 15 is 0 Å². The van der Waals surface area contributed by atoms with Gasteiger partial charge in [-0.3, -0.25) is 0 Å². The van der Waals surface area contributed by atoms with E-state index in [0.717, 1.165) is 5.92 Å². The Balaban J connectivity index is 0.000000720. The number of H-pyrrole nitrogens is 1. The van der Waals surface area contributed by atoms with Crippen molar-refractivity contribution in [3.63, 3.8) is 0 Å². The van der Waals surface area contributed by atoms with E-state index in [0.29, 0.717) is 0 Å². The van der Waals surface area contributed by atoms with Gasteiger partial charge >= 0.3 is 0 Å². The molecule has 0 radical (unpaired) electrons. The molecule has 3 N–H and O–H groups in total. The van der Waals surface area contributed by atoms with E-state index in [1.165, 1.54) is 25.0 Å². The Labute approximate surface area is 79.0 Å². The largest absolute Gasteiger partial charge is 0.364 e. The zero-order chi connectivity index (χ0) is 7.68. The van der Waals surface area contributed by atoms with Gasteiger partial charge in [-0.2, -0.15) is 0 Å². The van der Waals surface area contributed by atoms with Crippen molar-refractivity contribution in [1.82, 2.24) is 4.98 Å². The summed E-state index contributed by atoms with van der Waals surface area (Å²) in [5, 5.41) is 0. The lowest BCUT2D eigenvalue weighted by Crippen LogP contribution is -2.26. The monoisotopic (exact) mass is 186 g/mol. The molecule has 1 aliphatic rings. The van der Waals surface area contributed by atoms with Gasteiger partial charge in [-0.1, -0.05) is 6.42 Å². The summed E-state index contributed by atoms with van der Waals surface area (Å²) in [5.41, 5.74) is 7.20. The second-order valence-corrected chi connectivity index (χ2v) is 3.34. The number of hydrogen-bond donors (Lipinski definition) is 2. The molecule has 1 aliphatic carbocycles. The van der Waals surface area contributed by atoms with Crippen molar-refractivity contribution in [1.29, 1.82) is 0 Å². The molecule has 1 heterocycles. The van der Waals surface area contributed by atoms with E-state index in [1.807, 2.05) is 12.3 Å². The van der Waals surface area contributed by atoms with Gasteiger partial charge in [0, 0.05) is 17.9 Å². The highest BCUT2D eigenvalue weighted by Gasteiger charge is 2.25. The summed E-state index contributed by atoms with van der Waals surface area (Å²) in [5.74, 6) is 0.730. The third-order valence-corrected chi connectivity index (χ3v) is 2.64. The molecule has 0 amide bonds. The van der Waals surface area contributed by atoms with Crippen LogP contribution in [0, 0.1) is 5.92 Å². The number of aromatic nitrogens is 1. The molecule has 1 aromatic heterocycles. The smallest absolute Gasteiger partial charge is 0.0476 e. The summed E-state index contributed by atoms with van der Waals surface area (Å²) in [4.78, 5) is 3.16. The molecular formula is C9H15ClN2. The molecule has 2 nitrogen and oxygen atoms in total. The molecule has 0 bridgehead atoms. The number of rotatable bonds is 2. The van der Waals surface area contributed by atoms with Crippen LogP contribution in [0.4, 0.5) is 0 Å². The first-order valence-corrected chi connectivity index (χ1v) is 4.27. The minimum Gasteiger partial charge on any atom is -0.364 e. The lowest BCUT2D eigenvalue weighted by atomic mass is 9.79. The maximum atomic E-state index is 6.01. The third kappa shape index (κ3) is 1.65. The van der Waals surface area contributed by atoms with Crippen LogP contribution in [0.15, 0.2) is 18.3 Å². The minimum absolute atomic E-state index is 0.